The van der Waals surface area contributed by atoms with Gasteiger partial charge >= 0.3 is 5.97 Å². The number of rotatable bonds is 8. The van der Waals surface area contributed by atoms with Crippen molar-refractivity contribution >= 4 is 16.0 Å². The minimum absolute atomic E-state index is 0.0753. The van der Waals surface area contributed by atoms with Crippen molar-refractivity contribution < 1.29 is 17.9 Å². The Hall–Kier alpha value is -2.97. The molecule has 1 aromatic heterocycles. The number of ether oxygens (including phenoxy) is 1. The van der Waals surface area contributed by atoms with E-state index < -0.39 is 22.0 Å². The fourth-order valence-electron chi connectivity index (χ4n) is 3.31. The van der Waals surface area contributed by atoms with Crippen LogP contribution in [-0.2, 0) is 26.1 Å². The fraction of sp³-hybridized carbons (Fsp3) is 0.273. The zero-order valence-electron chi connectivity index (χ0n) is 17.2. The van der Waals surface area contributed by atoms with E-state index in [1.165, 1.54) is 12.1 Å². The molecular formula is C22H25N3O4S. The van der Waals surface area contributed by atoms with Crippen LogP contribution >= 0.6 is 0 Å². The molecule has 2 aromatic carbocycles. The average molecular weight is 428 g/mol. The fourth-order valence-corrected chi connectivity index (χ4v) is 4.49. The van der Waals surface area contributed by atoms with Crippen LogP contribution in [-0.4, -0.2) is 30.8 Å². The van der Waals surface area contributed by atoms with E-state index in [2.05, 4.69) is 9.82 Å². The second-order valence-corrected chi connectivity index (χ2v) is 8.56. The lowest BCUT2D eigenvalue weighted by molar-refractivity contribution is -0.145. The number of sulfonamides is 1. The summed E-state index contributed by atoms with van der Waals surface area (Å²) in [6, 6.07) is 16.5. The Kier molecular flexibility index (Phi) is 6.69. The number of hydrogen-bond acceptors (Lipinski definition) is 5. The number of esters is 1. The molecule has 0 aliphatic rings. The Bertz CT molecular complexity index is 1110. The Morgan fingerprint density at radius 1 is 1.07 bits per heavy atom. The molecule has 8 heteroatoms. The van der Waals surface area contributed by atoms with Crippen LogP contribution in [0.4, 0.5) is 0 Å². The van der Waals surface area contributed by atoms with Crippen molar-refractivity contribution in [2.75, 3.05) is 6.61 Å². The molecule has 0 fully saturated rings. The first-order chi connectivity index (χ1) is 14.3. The predicted octanol–water partition coefficient (Wildman–Crippen LogP) is 3.13. The quantitative estimate of drug-likeness (QED) is 0.558. The topological polar surface area (TPSA) is 90.3 Å². The summed E-state index contributed by atoms with van der Waals surface area (Å²) >= 11 is 0. The third-order valence-electron chi connectivity index (χ3n) is 4.75. The first kappa shape index (κ1) is 21.7. The average Bonchev–Trinajstić information content (AvgIpc) is 3.01. The monoisotopic (exact) mass is 427 g/mol. The summed E-state index contributed by atoms with van der Waals surface area (Å²) in [5, 5.41) is 4.55. The lowest BCUT2D eigenvalue weighted by Crippen LogP contribution is -2.35. The Morgan fingerprint density at radius 3 is 2.27 bits per heavy atom. The molecule has 3 rings (SSSR count). The lowest BCUT2D eigenvalue weighted by Gasteiger charge is -2.18. The number of hydrogen-bond donors (Lipinski definition) is 1. The van der Waals surface area contributed by atoms with Crippen molar-refractivity contribution in [2.45, 2.75) is 38.3 Å². The van der Waals surface area contributed by atoms with E-state index in [-0.39, 0.29) is 11.5 Å². The summed E-state index contributed by atoms with van der Waals surface area (Å²) in [6.07, 6.45) is 0. The van der Waals surface area contributed by atoms with Gasteiger partial charge in [0.15, 0.2) is 0 Å². The number of nitrogens with zero attached hydrogens (tertiary/aromatic N) is 2. The van der Waals surface area contributed by atoms with Crippen LogP contribution in [0.25, 0.3) is 0 Å². The first-order valence-corrected chi connectivity index (χ1v) is 11.1. The second-order valence-electron chi connectivity index (χ2n) is 6.85. The third-order valence-corrected chi connectivity index (χ3v) is 6.19. The maximum absolute atomic E-state index is 12.9. The number of aryl methyl sites for hydroxylation is 1. The molecular weight excluding hydrogens is 402 g/mol. The van der Waals surface area contributed by atoms with E-state index >= 15 is 0 Å². The highest BCUT2D eigenvalue weighted by atomic mass is 32.2. The second kappa shape index (κ2) is 9.23. The smallest absolute Gasteiger partial charge is 0.328 e. The summed E-state index contributed by atoms with van der Waals surface area (Å²) in [5.74, 6) is -0.664. The normalized spacial score (nSPS) is 12.5. The van der Waals surface area contributed by atoms with Gasteiger partial charge in [0.05, 0.1) is 23.7 Å². The van der Waals surface area contributed by atoms with Gasteiger partial charge in [0, 0.05) is 11.3 Å². The number of carbonyl (C=O) groups excluding carboxylic acids is 1. The molecule has 1 atom stereocenters. The molecule has 0 saturated heterocycles. The molecule has 1 heterocycles. The van der Waals surface area contributed by atoms with Crippen LogP contribution in [0.5, 0.6) is 0 Å². The minimum atomic E-state index is -3.94. The molecule has 0 amide bonds. The van der Waals surface area contributed by atoms with Crippen molar-refractivity contribution in [3.05, 3.63) is 83.2 Å². The van der Waals surface area contributed by atoms with Crippen molar-refractivity contribution in [3.8, 4) is 0 Å². The Labute approximate surface area is 176 Å². The molecule has 1 N–H and O–H groups in total. The van der Waals surface area contributed by atoms with Crippen molar-refractivity contribution in [2.24, 2.45) is 0 Å². The molecule has 0 unspecified atom stereocenters. The van der Waals surface area contributed by atoms with Gasteiger partial charge in [0.25, 0.3) is 0 Å². The highest BCUT2D eigenvalue weighted by Crippen LogP contribution is 2.26. The summed E-state index contributed by atoms with van der Waals surface area (Å²) in [4.78, 5) is 12.8. The maximum atomic E-state index is 12.9. The Morgan fingerprint density at radius 2 is 1.67 bits per heavy atom. The summed E-state index contributed by atoms with van der Waals surface area (Å²) in [7, 11) is -3.94. The van der Waals surface area contributed by atoms with E-state index in [1.807, 2.05) is 37.3 Å². The first-order valence-electron chi connectivity index (χ1n) is 9.65. The number of nitrogens with one attached hydrogen (secondary N) is 1. The molecule has 0 aliphatic carbocycles. The SMILES string of the molecule is CCOC(=O)[C@@H](NS(=O)(=O)c1ccccc1)c1c(C)nn(Cc2ccccc2)c1C. The van der Waals surface area contributed by atoms with Crippen molar-refractivity contribution in [1.29, 1.82) is 0 Å². The van der Waals surface area contributed by atoms with E-state index in [9.17, 15) is 13.2 Å². The largest absolute Gasteiger partial charge is 0.465 e. The van der Waals surface area contributed by atoms with Crippen LogP contribution in [0, 0.1) is 13.8 Å². The van der Waals surface area contributed by atoms with E-state index in [1.54, 1.807) is 36.7 Å². The standard InChI is InChI=1S/C22H25N3O4S/c1-4-29-22(26)21(24-30(27,28)19-13-9-6-10-14-19)20-16(2)23-25(17(20)3)15-18-11-7-5-8-12-18/h5-14,21,24H,4,15H2,1-3H3/t21-/m0/s1. The molecule has 7 nitrogen and oxygen atoms in total. The molecule has 30 heavy (non-hydrogen) atoms. The van der Waals surface area contributed by atoms with Crippen molar-refractivity contribution in [3.63, 3.8) is 0 Å². The molecule has 0 bridgehead atoms. The molecule has 0 saturated carbocycles. The van der Waals surface area contributed by atoms with Crippen molar-refractivity contribution in [1.82, 2.24) is 14.5 Å². The zero-order valence-corrected chi connectivity index (χ0v) is 18.0. The third kappa shape index (κ3) is 4.77. The molecule has 3 aromatic rings. The van der Waals surface area contributed by atoms with Crippen LogP contribution in [0.15, 0.2) is 65.6 Å². The molecule has 0 aliphatic heterocycles. The molecule has 0 spiro atoms. The highest BCUT2D eigenvalue weighted by Gasteiger charge is 2.33. The van der Waals surface area contributed by atoms with Gasteiger partial charge in [-0.2, -0.15) is 9.82 Å². The van der Waals surface area contributed by atoms with E-state index in [0.717, 1.165) is 5.56 Å². The van der Waals surface area contributed by atoms with Gasteiger partial charge in [0.1, 0.15) is 6.04 Å². The van der Waals surface area contributed by atoms with Gasteiger partial charge in [-0.05, 0) is 38.5 Å². The van der Waals surface area contributed by atoms with Gasteiger partial charge in [0.2, 0.25) is 10.0 Å². The van der Waals surface area contributed by atoms with Crippen LogP contribution in [0.1, 0.15) is 35.5 Å². The van der Waals surface area contributed by atoms with Crippen LogP contribution in [0.3, 0.4) is 0 Å². The molecule has 0 radical (unpaired) electrons. The highest BCUT2D eigenvalue weighted by molar-refractivity contribution is 7.89. The van der Waals surface area contributed by atoms with Gasteiger partial charge in [-0.15, -0.1) is 0 Å². The van der Waals surface area contributed by atoms with Gasteiger partial charge in [-0.1, -0.05) is 48.5 Å². The number of benzene rings is 2. The number of aromatic nitrogens is 2. The van der Waals surface area contributed by atoms with Gasteiger partial charge in [-0.3, -0.25) is 4.68 Å². The summed E-state index contributed by atoms with van der Waals surface area (Å²) in [6.45, 7) is 5.90. The molecule has 158 valence electrons. The summed E-state index contributed by atoms with van der Waals surface area (Å²) < 4.78 is 35.3. The van der Waals surface area contributed by atoms with Crippen LogP contribution < -0.4 is 4.72 Å². The maximum Gasteiger partial charge on any atom is 0.328 e. The van der Waals surface area contributed by atoms with E-state index in [0.29, 0.717) is 23.5 Å². The minimum Gasteiger partial charge on any atom is -0.465 e. The van der Waals surface area contributed by atoms with Gasteiger partial charge < -0.3 is 4.74 Å². The summed E-state index contributed by atoms with van der Waals surface area (Å²) in [5.41, 5.74) is 2.82. The van der Waals surface area contributed by atoms with Crippen LogP contribution in [0.2, 0.25) is 0 Å². The van der Waals surface area contributed by atoms with E-state index in [4.69, 9.17) is 4.74 Å². The Balaban J connectivity index is 1.99. The number of carbonyl (C=O) groups is 1. The lowest BCUT2D eigenvalue weighted by atomic mass is 10.1. The predicted molar refractivity (Wildman–Crippen MR) is 113 cm³/mol. The zero-order chi connectivity index (χ0) is 21.7. The van der Waals surface area contributed by atoms with Gasteiger partial charge in [-0.25, -0.2) is 13.2 Å².